The van der Waals surface area contributed by atoms with Gasteiger partial charge in [-0.1, -0.05) is 17.6 Å². The third-order valence-electron chi connectivity index (χ3n) is 1.83. The van der Waals surface area contributed by atoms with E-state index in [1.807, 2.05) is 6.07 Å². The molecule has 14 heavy (non-hydrogen) atoms. The van der Waals surface area contributed by atoms with Crippen LogP contribution in [0.15, 0.2) is 47.5 Å². The molecule has 0 amide bonds. The van der Waals surface area contributed by atoms with Gasteiger partial charge < -0.3 is 0 Å². The Balaban J connectivity index is 2.63. The second kappa shape index (κ2) is 3.50. The van der Waals surface area contributed by atoms with Crippen LogP contribution in [0.5, 0.6) is 0 Å². The van der Waals surface area contributed by atoms with Gasteiger partial charge in [0.15, 0.2) is 0 Å². The van der Waals surface area contributed by atoms with E-state index in [-0.39, 0.29) is 5.56 Å². The molecule has 0 spiro atoms. The Kier molecular flexibility index (Phi) is 2.19. The maximum atomic E-state index is 11.4. The Morgan fingerprint density at radius 1 is 1.21 bits per heavy atom. The van der Waals surface area contributed by atoms with Crippen molar-refractivity contribution in [2.75, 3.05) is 0 Å². The Bertz CT molecular complexity index is 493. The Hall–Kier alpha value is -1.84. The van der Waals surface area contributed by atoms with Gasteiger partial charge in [0, 0.05) is 18.5 Å². The molecule has 0 saturated carbocycles. The first-order chi connectivity index (χ1) is 6.77. The molecule has 66 valence electrons. The molecular formula is C10H7BN2O. The summed E-state index contributed by atoms with van der Waals surface area (Å²) in [5, 5.41) is 0. The van der Waals surface area contributed by atoms with Gasteiger partial charge in [-0.05, 0) is 12.1 Å². The van der Waals surface area contributed by atoms with E-state index in [1.54, 1.807) is 30.6 Å². The molecule has 0 aromatic carbocycles. The summed E-state index contributed by atoms with van der Waals surface area (Å²) in [4.78, 5) is 15.5. The molecule has 2 heterocycles. The molecule has 2 aromatic heterocycles. The van der Waals surface area contributed by atoms with Crippen molar-refractivity contribution in [1.29, 1.82) is 0 Å². The van der Waals surface area contributed by atoms with Crippen LogP contribution in [0.4, 0.5) is 0 Å². The highest BCUT2D eigenvalue weighted by atomic mass is 16.1. The molecule has 0 aliphatic heterocycles. The van der Waals surface area contributed by atoms with E-state index in [0.29, 0.717) is 11.3 Å². The van der Waals surface area contributed by atoms with Crippen LogP contribution in [0.2, 0.25) is 0 Å². The van der Waals surface area contributed by atoms with Gasteiger partial charge in [-0.3, -0.25) is 9.36 Å². The summed E-state index contributed by atoms with van der Waals surface area (Å²) >= 11 is 0. The molecule has 0 N–H and O–H groups in total. The van der Waals surface area contributed by atoms with E-state index in [2.05, 4.69) is 4.98 Å². The maximum absolute atomic E-state index is 11.4. The first-order valence-electron chi connectivity index (χ1n) is 4.17. The molecule has 0 fully saturated rings. The predicted molar refractivity (Wildman–Crippen MR) is 55.2 cm³/mol. The number of rotatable bonds is 1. The molecule has 2 aromatic rings. The number of pyridine rings is 2. The lowest BCUT2D eigenvalue weighted by molar-refractivity contribution is 0.947. The number of aromatic nitrogens is 2. The standard InChI is InChI=1S/C10H7BN2O/c11-8-4-5-10(14)13(7-8)9-3-1-2-6-12-9/h1-7H. The van der Waals surface area contributed by atoms with Gasteiger partial charge in [0.05, 0.1) is 0 Å². The predicted octanol–water partition coefficient (Wildman–Crippen LogP) is 0.0263. The molecule has 3 nitrogen and oxygen atoms in total. The summed E-state index contributed by atoms with van der Waals surface area (Å²) in [6.45, 7) is 0. The quantitative estimate of drug-likeness (QED) is 0.583. The fourth-order valence-corrected chi connectivity index (χ4v) is 1.18. The van der Waals surface area contributed by atoms with Gasteiger partial charge in [-0.15, -0.1) is 0 Å². The molecule has 0 atom stereocenters. The van der Waals surface area contributed by atoms with Crippen molar-refractivity contribution >= 4 is 13.3 Å². The highest BCUT2D eigenvalue weighted by molar-refractivity contribution is 6.32. The third-order valence-corrected chi connectivity index (χ3v) is 1.83. The second-order valence-corrected chi connectivity index (χ2v) is 2.86. The van der Waals surface area contributed by atoms with E-state index >= 15 is 0 Å². The number of nitrogens with zero attached hydrogens (tertiary/aromatic N) is 2. The monoisotopic (exact) mass is 182 g/mol. The number of hydrogen-bond acceptors (Lipinski definition) is 2. The van der Waals surface area contributed by atoms with E-state index in [9.17, 15) is 4.79 Å². The highest BCUT2D eigenvalue weighted by Gasteiger charge is 1.98. The Morgan fingerprint density at radius 3 is 2.79 bits per heavy atom. The smallest absolute Gasteiger partial charge is 0.256 e. The summed E-state index contributed by atoms with van der Waals surface area (Å²) in [5.41, 5.74) is 0.396. The van der Waals surface area contributed by atoms with Crippen LogP contribution in [0.25, 0.3) is 5.82 Å². The lowest BCUT2D eigenvalue weighted by atomic mass is 9.99. The normalized spacial score (nSPS) is 10.0. The van der Waals surface area contributed by atoms with E-state index in [0.717, 1.165) is 0 Å². The van der Waals surface area contributed by atoms with Crippen molar-refractivity contribution < 1.29 is 0 Å². The molecule has 4 heteroatoms. The minimum atomic E-state index is -0.141. The van der Waals surface area contributed by atoms with E-state index < -0.39 is 0 Å². The highest BCUT2D eigenvalue weighted by Crippen LogP contribution is 1.96. The topological polar surface area (TPSA) is 34.9 Å². The van der Waals surface area contributed by atoms with E-state index in [1.165, 1.54) is 10.6 Å². The van der Waals surface area contributed by atoms with Crippen molar-refractivity contribution in [3.05, 3.63) is 53.1 Å². The average molecular weight is 182 g/mol. The van der Waals surface area contributed by atoms with Crippen LogP contribution < -0.4 is 11.0 Å². The van der Waals surface area contributed by atoms with Crippen molar-refractivity contribution in [2.45, 2.75) is 0 Å². The Labute approximate surface area is 82.5 Å². The summed E-state index contributed by atoms with van der Waals surface area (Å²) in [5.74, 6) is 0.574. The van der Waals surface area contributed by atoms with Gasteiger partial charge in [-0.25, -0.2) is 4.98 Å². The molecular weight excluding hydrogens is 175 g/mol. The molecule has 0 aliphatic rings. The van der Waals surface area contributed by atoms with Crippen LogP contribution >= 0.6 is 0 Å². The van der Waals surface area contributed by atoms with Crippen LogP contribution in [0.3, 0.4) is 0 Å². The first kappa shape index (κ1) is 8.75. The summed E-state index contributed by atoms with van der Waals surface area (Å²) < 4.78 is 1.41. The average Bonchev–Trinajstić information content (AvgIpc) is 2.23. The van der Waals surface area contributed by atoms with Crippen molar-refractivity contribution in [1.82, 2.24) is 9.55 Å². The van der Waals surface area contributed by atoms with E-state index in [4.69, 9.17) is 7.85 Å². The minimum absolute atomic E-state index is 0.141. The minimum Gasteiger partial charge on any atom is -0.269 e. The maximum Gasteiger partial charge on any atom is 0.256 e. The zero-order valence-corrected chi connectivity index (χ0v) is 7.42. The SMILES string of the molecule is [B]c1ccc(=O)n(-c2ccccn2)c1. The summed E-state index contributed by atoms with van der Waals surface area (Å²) in [6.07, 6.45) is 3.19. The van der Waals surface area contributed by atoms with Gasteiger partial charge in [0.2, 0.25) is 0 Å². The van der Waals surface area contributed by atoms with Crippen molar-refractivity contribution in [3.63, 3.8) is 0 Å². The van der Waals surface area contributed by atoms with Crippen LogP contribution in [-0.2, 0) is 0 Å². The third kappa shape index (κ3) is 1.59. The van der Waals surface area contributed by atoms with Crippen molar-refractivity contribution in [3.8, 4) is 5.82 Å². The largest absolute Gasteiger partial charge is 0.269 e. The molecule has 0 unspecified atom stereocenters. The zero-order chi connectivity index (χ0) is 9.97. The van der Waals surface area contributed by atoms with Gasteiger partial charge in [-0.2, -0.15) is 0 Å². The molecule has 2 radical (unpaired) electrons. The molecule has 0 bridgehead atoms. The van der Waals surface area contributed by atoms with Crippen molar-refractivity contribution in [2.24, 2.45) is 0 Å². The number of hydrogen-bond donors (Lipinski definition) is 0. The molecule has 0 aliphatic carbocycles. The fourth-order valence-electron chi connectivity index (χ4n) is 1.18. The van der Waals surface area contributed by atoms with Crippen LogP contribution in [0.1, 0.15) is 0 Å². The van der Waals surface area contributed by atoms with Crippen LogP contribution in [0, 0.1) is 0 Å². The molecule has 2 rings (SSSR count). The molecule has 0 saturated heterocycles. The van der Waals surface area contributed by atoms with Gasteiger partial charge in [0.25, 0.3) is 5.56 Å². The first-order valence-corrected chi connectivity index (χ1v) is 4.17. The lowest BCUT2D eigenvalue weighted by Gasteiger charge is -2.04. The second-order valence-electron chi connectivity index (χ2n) is 2.86. The summed E-state index contributed by atoms with van der Waals surface area (Å²) in [7, 11) is 5.58. The van der Waals surface area contributed by atoms with Crippen LogP contribution in [-0.4, -0.2) is 17.4 Å². The van der Waals surface area contributed by atoms with Gasteiger partial charge in [0.1, 0.15) is 13.7 Å². The Morgan fingerprint density at radius 2 is 2.07 bits per heavy atom. The van der Waals surface area contributed by atoms with Gasteiger partial charge >= 0.3 is 0 Å². The fraction of sp³-hybridized carbons (Fsp3) is 0. The summed E-state index contributed by atoms with van der Waals surface area (Å²) in [6, 6.07) is 8.35. The lowest BCUT2D eigenvalue weighted by Crippen LogP contribution is -2.22. The zero-order valence-electron chi connectivity index (χ0n) is 7.42.